The molecule has 2 aromatic rings. The van der Waals surface area contributed by atoms with E-state index in [9.17, 15) is 19.8 Å². The molecule has 0 bridgehead atoms. The molecule has 2 unspecified atom stereocenters. The minimum Gasteiger partial charge on any atom is -0.491 e. The number of hydrogen-bond acceptors (Lipinski definition) is 12. The zero-order valence-electron chi connectivity index (χ0n) is 20.6. The molecule has 0 amide bonds. The molecule has 8 nitrogen and oxygen atoms in total. The summed E-state index contributed by atoms with van der Waals surface area (Å²) in [4.78, 5) is 23.8. The van der Waals surface area contributed by atoms with Gasteiger partial charge < -0.3 is 29.2 Å². The van der Waals surface area contributed by atoms with Gasteiger partial charge in [0.05, 0.1) is 0 Å². The zero-order chi connectivity index (χ0) is 26.7. The van der Waals surface area contributed by atoms with Crippen molar-refractivity contribution in [3.8, 4) is 22.6 Å². The Morgan fingerprint density at radius 2 is 0.974 bits per heavy atom. The molecule has 0 radical (unpaired) electrons. The Bertz CT molecular complexity index is 941. The van der Waals surface area contributed by atoms with Gasteiger partial charge in [-0.3, -0.25) is 0 Å². The van der Waals surface area contributed by atoms with Crippen molar-refractivity contribution in [3.63, 3.8) is 0 Å². The highest BCUT2D eigenvalue weighted by molar-refractivity contribution is 8.21. The molecule has 2 atom stereocenters. The lowest BCUT2D eigenvalue weighted by molar-refractivity contribution is -0.145. The lowest BCUT2D eigenvalue weighted by atomic mass is 10.1. The van der Waals surface area contributed by atoms with Crippen LogP contribution in [-0.4, -0.2) is 93.0 Å². The first kappa shape index (κ1) is 29.3. The van der Waals surface area contributed by atoms with Crippen LogP contribution >= 0.6 is 47.0 Å². The maximum absolute atomic E-state index is 11.9. The van der Waals surface area contributed by atoms with Crippen LogP contribution in [0.25, 0.3) is 11.1 Å². The summed E-state index contributed by atoms with van der Waals surface area (Å²) >= 11 is 6.26. The number of thioether (sulfide) groups is 4. The smallest absolute Gasteiger partial charge is 0.329 e. The van der Waals surface area contributed by atoms with E-state index in [0.717, 1.165) is 34.1 Å². The molecular formula is C26H30O8S4. The molecule has 0 saturated carbocycles. The summed E-state index contributed by atoms with van der Waals surface area (Å²) < 4.78 is 21.2. The highest BCUT2D eigenvalue weighted by atomic mass is 32.2. The molecular weight excluding hydrogens is 569 g/mol. The quantitative estimate of drug-likeness (QED) is 0.329. The van der Waals surface area contributed by atoms with Crippen molar-refractivity contribution < 1.29 is 38.7 Å². The van der Waals surface area contributed by atoms with Crippen LogP contribution in [0.3, 0.4) is 0 Å². The van der Waals surface area contributed by atoms with Gasteiger partial charge in [0.15, 0.2) is 0 Å². The number of carbonyl (C=O) groups excluding carboxylic acids is 2. The van der Waals surface area contributed by atoms with Gasteiger partial charge in [-0.1, -0.05) is 24.3 Å². The SMILES string of the molecule is O=C(OCC(O)COc1ccc(-c2ccc(OCC(O)COC(=O)C3SCCS3)cc2)cc1)C1SCCS1. The standard InChI is InChI=1S/C26H30O8S4/c27-19(15-33-23(29)25-35-9-10-36-25)13-31-21-5-1-17(2-6-21)18-3-7-22(8-4-18)32-14-20(28)16-34-24(30)26-37-11-12-38-26/h1-8,19-20,25-28H,9-16H2. The number of aliphatic hydroxyl groups is 2. The van der Waals surface area contributed by atoms with E-state index in [1.54, 1.807) is 47.0 Å². The lowest BCUT2D eigenvalue weighted by Gasteiger charge is -2.15. The third kappa shape index (κ3) is 9.20. The van der Waals surface area contributed by atoms with E-state index < -0.39 is 12.2 Å². The van der Waals surface area contributed by atoms with E-state index in [2.05, 4.69) is 0 Å². The molecule has 0 spiro atoms. The van der Waals surface area contributed by atoms with Crippen LogP contribution in [0.1, 0.15) is 0 Å². The summed E-state index contributed by atoms with van der Waals surface area (Å²) in [5, 5.41) is 20.1. The highest BCUT2D eigenvalue weighted by Gasteiger charge is 2.27. The number of hydrogen-bond donors (Lipinski definition) is 2. The largest absolute Gasteiger partial charge is 0.491 e. The van der Waals surface area contributed by atoms with Crippen molar-refractivity contribution in [2.24, 2.45) is 0 Å². The third-order valence-electron chi connectivity index (χ3n) is 5.39. The van der Waals surface area contributed by atoms with Crippen molar-refractivity contribution in [1.29, 1.82) is 0 Å². The van der Waals surface area contributed by atoms with Gasteiger partial charge in [0, 0.05) is 23.0 Å². The molecule has 2 aliphatic heterocycles. The molecule has 2 saturated heterocycles. The van der Waals surface area contributed by atoms with E-state index in [0.29, 0.717) is 11.5 Å². The van der Waals surface area contributed by atoms with E-state index in [-0.39, 0.29) is 47.5 Å². The van der Waals surface area contributed by atoms with Gasteiger partial charge in [-0.25, -0.2) is 9.59 Å². The molecule has 2 N–H and O–H groups in total. The summed E-state index contributed by atoms with van der Waals surface area (Å²) in [6.45, 7) is -0.145. The first-order valence-electron chi connectivity index (χ1n) is 12.1. The Morgan fingerprint density at radius 1 is 0.632 bits per heavy atom. The summed E-state index contributed by atoms with van der Waals surface area (Å²) in [6, 6.07) is 14.9. The monoisotopic (exact) mass is 598 g/mol. The van der Waals surface area contributed by atoms with Gasteiger partial charge in [-0.2, -0.15) is 0 Å². The number of esters is 2. The van der Waals surface area contributed by atoms with E-state index in [1.165, 1.54) is 0 Å². The predicted octanol–water partition coefficient (Wildman–Crippen LogP) is 3.53. The van der Waals surface area contributed by atoms with Gasteiger partial charge in [0.1, 0.15) is 59.3 Å². The van der Waals surface area contributed by atoms with Gasteiger partial charge in [-0.15, -0.1) is 47.0 Å². The summed E-state index contributed by atoms with van der Waals surface area (Å²) in [5.74, 6) is 4.35. The molecule has 0 aromatic heterocycles. The molecule has 4 rings (SSSR count). The fraction of sp³-hybridized carbons (Fsp3) is 0.462. The van der Waals surface area contributed by atoms with Gasteiger partial charge in [0.2, 0.25) is 0 Å². The first-order valence-corrected chi connectivity index (χ1v) is 16.3. The summed E-state index contributed by atoms with van der Waals surface area (Å²) in [7, 11) is 0. The molecule has 2 fully saturated rings. The first-order chi connectivity index (χ1) is 18.5. The topological polar surface area (TPSA) is 112 Å². The van der Waals surface area contributed by atoms with Crippen LogP contribution in [0.15, 0.2) is 48.5 Å². The molecule has 2 aromatic carbocycles. The third-order valence-corrected chi connectivity index (χ3v) is 11.3. The predicted molar refractivity (Wildman–Crippen MR) is 154 cm³/mol. The van der Waals surface area contributed by atoms with Crippen LogP contribution in [0.2, 0.25) is 0 Å². The fourth-order valence-corrected chi connectivity index (χ4v) is 8.59. The number of benzene rings is 2. The lowest BCUT2D eigenvalue weighted by Crippen LogP contribution is -2.27. The minimum atomic E-state index is -0.904. The molecule has 12 heteroatoms. The van der Waals surface area contributed by atoms with Crippen LogP contribution < -0.4 is 9.47 Å². The van der Waals surface area contributed by atoms with Crippen molar-refractivity contribution >= 4 is 59.0 Å². The molecule has 0 aliphatic carbocycles. The molecule has 2 heterocycles. The van der Waals surface area contributed by atoms with Crippen molar-refractivity contribution in [2.45, 2.75) is 21.4 Å². The van der Waals surface area contributed by atoms with Crippen LogP contribution in [-0.2, 0) is 19.1 Å². The maximum atomic E-state index is 11.9. The average molecular weight is 599 g/mol. The van der Waals surface area contributed by atoms with Gasteiger partial charge in [-0.05, 0) is 35.4 Å². The number of rotatable bonds is 13. The fourth-order valence-electron chi connectivity index (χ4n) is 3.45. The van der Waals surface area contributed by atoms with Crippen LogP contribution in [0.4, 0.5) is 0 Å². The molecule has 38 heavy (non-hydrogen) atoms. The van der Waals surface area contributed by atoms with Crippen molar-refractivity contribution in [3.05, 3.63) is 48.5 Å². The summed E-state index contributed by atoms with van der Waals surface area (Å²) in [6.07, 6.45) is -1.81. The zero-order valence-corrected chi connectivity index (χ0v) is 23.8. The number of aliphatic hydroxyl groups excluding tert-OH is 2. The normalized spacial score (nSPS) is 17.6. The average Bonchev–Trinajstić information content (AvgIpc) is 3.68. The Balaban J connectivity index is 1.15. The second kappa shape index (κ2) is 15.2. The van der Waals surface area contributed by atoms with Crippen molar-refractivity contribution in [2.75, 3.05) is 49.4 Å². The Hall–Kier alpha value is -1.70. The van der Waals surface area contributed by atoms with Crippen LogP contribution in [0.5, 0.6) is 11.5 Å². The highest BCUT2D eigenvalue weighted by Crippen LogP contribution is 2.33. The second-order valence-corrected chi connectivity index (χ2v) is 13.8. The molecule has 2 aliphatic rings. The minimum absolute atomic E-state index is 0.0210. The van der Waals surface area contributed by atoms with E-state index >= 15 is 0 Å². The Morgan fingerprint density at radius 3 is 1.32 bits per heavy atom. The maximum Gasteiger partial charge on any atom is 0.329 e. The van der Waals surface area contributed by atoms with Gasteiger partial charge in [0.25, 0.3) is 0 Å². The Kier molecular flexibility index (Phi) is 11.7. The van der Waals surface area contributed by atoms with Crippen molar-refractivity contribution in [1.82, 2.24) is 0 Å². The van der Waals surface area contributed by atoms with Gasteiger partial charge >= 0.3 is 11.9 Å². The number of ether oxygens (including phenoxy) is 4. The molecule has 206 valence electrons. The Labute approximate surface area is 238 Å². The summed E-state index contributed by atoms with van der Waals surface area (Å²) in [5.41, 5.74) is 1.94. The van der Waals surface area contributed by atoms with Crippen LogP contribution in [0, 0.1) is 0 Å². The number of carbonyl (C=O) groups is 2. The van der Waals surface area contributed by atoms with E-state index in [1.807, 2.05) is 48.5 Å². The second-order valence-electron chi connectivity index (χ2n) is 8.39. The van der Waals surface area contributed by atoms with E-state index in [4.69, 9.17) is 18.9 Å².